The Labute approximate surface area is 90.1 Å². The summed E-state index contributed by atoms with van der Waals surface area (Å²) in [6.07, 6.45) is 3.11. The summed E-state index contributed by atoms with van der Waals surface area (Å²) in [6, 6.07) is 0. The summed E-state index contributed by atoms with van der Waals surface area (Å²) in [5.74, 6) is -0.793. The highest BCUT2D eigenvalue weighted by molar-refractivity contribution is 6.60. The number of dihydropyridines is 1. The van der Waals surface area contributed by atoms with E-state index in [9.17, 15) is 9.59 Å². The van der Waals surface area contributed by atoms with E-state index in [1.165, 1.54) is 6.20 Å². The van der Waals surface area contributed by atoms with Crippen molar-refractivity contribution in [2.75, 3.05) is 6.54 Å². The van der Waals surface area contributed by atoms with Crippen LogP contribution in [0.15, 0.2) is 33.5 Å². The van der Waals surface area contributed by atoms with Crippen LogP contribution in [-0.2, 0) is 9.59 Å². The van der Waals surface area contributed by atoms with E-state index in [4.69, 9.17) is 23.2 Å². The Morgan fingerprint density at radius 1 is 1.07 bits per heavy atom. The number of fused-ring (bicyclic) bond motifs is 1. The number of rotatable bonds is 0. The maximum atomic E-state index is 11.6. The molecule has 0 aromatic carbocycles. The number of Topliss-reactive ketones (excluding diaryl/α,β-unsaturated/α-hetero) is 2. The molecule has 1 aliphatic carbocycles. The van der Waals surface area contributed by atoms with Gasteiger partial charge in [0, 0.05) is 18.3 Å². The van der Waals surface area contributed by atoms with E-state index in [2.05, 4.69) is 5.32 Å². The van der Waals surface area contributed by atoms with E-state index >= 15 is 0 Å². The van der Waals surface area contributed by atoms with E-state index in [-0.39, 0.29) is 21.4 Å². The third-order valence-corrected chi connectivity index (χ3v) is 2.86. The van der Waals surface area contributed by atoms with Crippen molar-refractivity contribution in [1.29, 1.82) is 0 Å². The van der Waals surface area contributed by atoms with Crippen LogP contribution in [0.25, 0.3) is 0 Å². The molecule has 2 aliphatic rings. The van der Waals surface area contributed by atoms with Gasteiger partial charge in [0.25, 0.3) is 0 Å². The first-order chi connectivity index (χ1) is 6.63. The predicted molar refractivity (Wildman–Crippen MR) is 52.9 cm³/mol. The molecule has 0 saturated carbocycles. The molecule has 1 aliphatic heterocycles. The Bertz CT molecular complexity index is 392. The van der Waals surface area contributed by atoms with Crippen LogP contribution in [0.3, 0.4) is 0 Å². The Morgan fingerprint density at radius 3 is 2.29 bits per heavy atom. The minimum absolute atomic E-state index is 0.193. The molecule has 0 saturated heterocycles. The van der Waals surface area contributed by atoms with E-state index in [0.717, 1.165) is 0 Å². The number of carbonyl (C=O) groups is 2. The molecule has 5 heteroatoms. The van der Waals surface area contributed by atoms with Crippen LogP contribution in [0.1, 0.15) is 0 Å². The average molecular weight is 230 g/mol. The van der Waals surface area contributed by atoms with Gasteiger partial charge in [0.1, 0.15) is 10.1 Å². The molecule has 1 heterocycles. The molecule has 2 rings (SSSR count). The van der Waals surface area contributed by atoms with Crippen molar-refractivity contribution in [3.05, 3.63) is 33.5 Å². The van der Waals surface area contributed by atoms with Gasteiger partial charge in [0.15, 0.2) is 0 Å². The highest BCUT2D eigenvalue weighted by atomic mass is 35.5. The summed E-state index contributed by atoms with van der Waals surface area (Å²) < 4.78 is 0. The van der Waals surface area contributed by atoms with Crippen LogP contribution < -0.4 is 5.32 Å². The first-order valence-electron chi connectivity index (χ1n) is 3.91. The zero-order valence-corrected chi connectivity index (χ0v) is 8.45. The Kier molecular flexibility index (Phi) is 2.21. The van der Waals surface area contributed by atoms with Gasteiger partial charge in [0.05, 0.1) is 5.57 Å². The van der Waals surface area contributed by atoms with Gasteiger partial charge in [-0.3, -0.25) is 9.59 Å². The molecular weight excluding hydrogens is 225 g/mol. The number of halogens is 2. The number of ketones is 2. The number of hydrogen-bond donors (Lipinski definition) is 1. The quantitative estimate of drug-likeness (QED) is 0.680. The minimum atomic E-state index is -0.408. The fourth-order valence-electron chi connectivity index (χ4n) is 1.35. The molecule has 0 atom stereocenters. The molecule has 0 fully saturated rings. The molecule has 72 valence electrons. The number of nitrogens with one attached hydrogen (secondary N) is 1. The Balaban J connectivity index is 2.63. The molecule has 0 aromatic heterocycles. The second kappa shape index (κ2) is 3.26. The van der Waals surface area contributed by atoms with Crippen molar-refractivity contribution < 1.29 is 9.59 Å². The second-order valence-electron chi connectivity index (χ2n) is 2.87. The van der Waals surface area contributed by atoms with E-state index in [1.54, 1.807) is 6.08 Å². The summed E-state index contributed by atoms with van der Waals surface area (Å²) in [6.45, 7) is 0.514. The van der Waals surface area contributed by atoms with Crippen molar-refractivity contribution in [3.8, 4) is 0 Å². The molecule has 0 bridgehead atoms. The fourth-order valence-corrected chi connectivity index (χ4v) is 1.72. The van der Waals surface area contributed by atoms with Crippen molar-refractivity contribution in [2.24, 2.45) is 0 Å². The second-order valence-corrected chi connectivity index (χ2v) is 3.63. The lowest BCUT2D eigenvalue weighted by Crippen LogP contribution is -2.26. The fraction of sp³-hybridized carbons (Fsp3) is 0.111. The summed E-state index contributed by atoms with van der Waals surface area (Å²) >= 11 is 11.2. The Morgan fingerprint density at radius 2 is 1.64 bits per heavy atom. The smallest absolute Gasteiger partial charge is 0.208 e. The number of carbonyl (C=O) groups excluding carboxylic acids is 2. The largest absolute Gasteiger partial charge is 0.387 e. The summed E-state index contributed by atoms with van der Waals surface area (Å²) in [5, 5.41) is 2.44. The topological polar surface area (TPSA) is 46.2 Å². The molecule has 3 nitrogen and oxygen atoms in total. The maximum Gasteiger partial charge on any atom is 0.208 e. The van der Waals surface area contributed by atoms with E-state index in [1.807, 2.05) is 0 Å². The molecule has 0 radical (unpaired) electrons. The first-order valence-corrected chi connectivity index (χ1v) is 4.67. The molecule has 14 heavy (non-hydrogen) atoms. The number of allylic oxidation sites excluding steroid dienone is 4. The van der Waals surface area contributed by atoms with Crippen molar-refractivity contribution in [3.63, 3.8) is 0 Å². The van der Waals surface area contributed by atoms with Crippen LogP contribution in [0.2, 0.25) is 0 Å². The van der Waals surface area contributed by atoms with Crippen molar-refractivity contribution in [2.45, 2.75) is 0 Å². The van der Waals surface area contributed by atoms with Crippen LogP contribution >= 0.6 is 23.2 Å². The minimum Gasteiger partial charge on any atom is -0.387 e. The molecule has 0 amide bonds. The van der Waals surface area contributed by atoms with Crippen LogP contribution in [0, 0.1) is 0 Å². The molecule has 1 N–H and O–H groups in total. The lowest BCUT2D eigenvalue weighted by Gasteiger charge is -2.19. The zero-order chi connectivity index (χ0) is 10.3. The van der Waals surface area contributed by atoms with Crippen LogP contribution in [0.5, 0.6) is 0 Å². The normalized spacial score (nSPS) is 21.3. The third kappa shape index (κ3) is 1.21. The van der Waals surface area contributed by atoms with Gasteiger partial charge in [-0.2, -0.15) is 0 Å². The van der Waals surface area contributed by atoms with Crippen LogP contribution in [-0.4, -0.2) is 18.1 Å². The van der Waals surface area contributed by atoms with Gasteiger partial charge in [-0.1, -0.05) is 29.3 Å². The highest BCUT2D eigenvalue weighted by Gasteiger charge is 2.33. The monoisotopic (exact) mass is 229 g/mol. The summed E-state index contributed by atoms with van der Waals surface area (Å²) in [7, 11) is 0. The summed E-state index contributed by atoms with van der Waals surface area (Å²) in [5.41, 5.74) is 0.624. The molecule has 0 unspecified atom stereocenters. The van der Waals surface area contributed by atoms with Gasteiger partial charge in [-0.15, -0.1) is 0 Å². The van der Waals surface area contributed by atoms with Gasteiger partial charge in [-0.05, 0) is 0 Å². The lowest BCUT2D eigenvalue weighted by molar-refractivity contribution is -0.116. The van der Waals surface area contributed by atoms with Gasteiger partial charge >= 0.3 is 0 Å². The van der Waals surface area contributed by atoms with Gasteiger partial charge < -0.3 is 5.32 Å². The molecule has 0 aromatic rings. The average Bonchev–Trinajstić information content (AvgIpc) is 2.23. The van der Waals surface area contributed by atoms with Crippen molar-refractivity contribution >= 4 is 34.8 Å². The molecular formula is C9H5Cl2NO2. The maximum absolute atomic E-state index is 11.6. The number of hydrogen-bond acceptors (Lipinski definition) is 3. The van der Waals surface area contributed by atoms with Crippen LogP contribution in [0.4, 0.5) is 0 Å². The third-order valence-electron chi connectivity index (χ3n) is 2.04. The molecule has 0 spiro atoms. The zero-order valence-electron chi connectivity index (χ0n) is 6.93. The Hall–Kier alpha value is -1.06. The first kappa shape index (κ1) is 9.49. The summed E-state index contributed by atoms with van der Waals surface area (Å²) in [4.78, 5) is 23.1. The predicted octanol–water partition coefficient (Wildman–Crippen LogP) is 1.24. The standard InChI is InChI=1S/C9H5Cl2NO2/c10-6-7(11)9(14)5-3-12-2-1-4(5)8(6)13/h1,3,12H,2H2. The highest BCUT2D eigenvalue weighted by Crippen LogP contribution is 2.32. The van der Waals surface area contributed by atoms with E-state index < -0.39 is 5.78 Å². The van der Waals surface area contributed by atoms with Crippen molar-refractivity contribution in [1.82, 2.24) is 5.32 Å². The van der Waals surface area contributed by atoms with E-state index in [0.29, 0.717) is 12.1 Å². The lowest BCUT2D eigenvalue weighted by atomic mass is 9.91. The van der Waals surface area contributed by atoms with Gasteiger partial charge in [-0.25, -0.2) is 0 Å². The SMILES string of the molecule is O=C1C2=CCNC=C2C(=O)C(Cl)=C1Cl. The van der Waals surface area contributed by atoms with Gasteiger partial charge in [0.2, 0.25) is 11.6 Å².